The van der Waals surface area contributed by atoms with Crippen molar-refractivity contribution in [3.05, 3.63) is 59.9 Å². The Kier molecular flexibility index (Phi) is 7.01. The Bertz CT molecular complexity index is 813. The van der Waals surface area contributed by atoms with E-state index in [4.69, 9.17) is 14.7 Å². The van der Waals surface area contributed by atoms with Crippen LogP contribution in [-0.4, -0.2) is 31.7 Å². The summed E-state index contributed by atoms with van der Waals surface area (Å²) < 4.78 is 10.4. The normalized spacial score (nSPS) is 10.6. The number of anilines is 1. The molecule has 7 nitrogen and oxygen atoms in total. The van der Waals surface area contributed by atoms with Crippen molar-refractivity contribution in [3.8, 4) is 17.6 Å². The van der Waals surface area contributed by atoms with E-state index in [1.165, 1.54) is 6.20 Å². The van der Waals surface area contributed by atoms with Gasteiger partial charge in [0.25, 0.3) is 5.91 Å². The molecule has 134 valence electrons. The lowest BCUT2D eigenvalue weighted by Crippen LogP contribution is -2.27. The molecule has 0 saturated carbocycles. The Morgan fingerprint density at radius 1 is 1.23 bits per heavy atom. The second-order valence-electron chi connectivity index (χ2n) is 5.22. The summed E-state index contributed by atoms with van der Waals surface area (Å²) in [7, 11) is 3.15. The number of benzene rings is 1. The summed E-state index contributed by atoms with van der Waals surface area (Å²) >= 11 is 0. The molecule has 2 N–H and O–H groups in total. The van der Waals surface area contributed by atoms with Gasteiger partial charge in [-0.2, -0.15) is 5.26 Å². The van der Waals surface area contributed by atoms with E-state index in [1.807, 2.05) is 24.3 Å². The number of pyridine rings is 1. The maximum Gasteiger partial charge on any atom is 0.263 e. The first-order chi connectivity index (χ1) is 12.7. The van der Waals surface area contributed by atoms with Crippen molar-refractivity contribution in [3.63, 3.8) is 0 Å². The summed E-state index contributed by atoms with van der Waals surface area (Å²) in [6.07, 6.45) is 3.55. The quantitative estimate of drug-likeness (QED) is 0.559. The topological polar surface area (TPSA) is 96.3 Å². The van der Waals surface area contributed by atoms with Crippen LogP contribution in [0.1, 0.15) is 5.56 Å². The average molecular weight is 352 g/mol. The Morgan fingerprint density at radius 2 is 2.04 bits per heavy atom. The summed E-state index contributed by atoms with van der Waals surface area (Å²) in [6, 6.07) is 12.8. The fourth-order valence-electron chi connectivity index (χ4n) is 2.19. The van der Waals surface area contributed by atoms with Gasteiger partial charge in [0, 0.05) is 18.9 Å². The molecule has 1 aromatic heterocycles. The molecule has 1 amide bonds. The number of nitriles is 1. The van der Waals surface area contributed by atoms with E-state index in [2.05, 4.69) is 15.6 Å². The zero-order valence-electron chi connectivity index (χ0n) is 14.7. The standard InChI is InChI=1S/C19H20N4O3/c1-25-16-7-6-14(11-17(16)26-2)8-10-22-19(24)15(12-20)13-23-18-5-3-4-9-21-18/h3-7,9,11,13H,8,10H2,1-2H3,(H,21,23)(H,22,24)/b15-13-. The largest absolute Gasteiger partial charge is 0.493 e. The van der Waals surface area contributed by atoms with E-state index in [9.17, 15) is 4.79 Å². The first kappa shape index (κ1) is 18.8. The van der Waals surface area contributed by atoms with Crippen molar-refractivity contribution in [1.29, 1.82) is 5.26 Å². The van der Waals surface area contributed by atoms with Crippen molar-refractivity contribution in [2.75, 3.05) is 26.1 Å². The van der Waals surface area contributed by atoms with Crippen LogP contribution < -0.4 is 20.1 Å². The lowest BCUT2D eigenvalue weighted by molar-refractivity contribution is -0.117. The summed E-state index contributed by atoms with van der Waals surface area (Å²) in [5, 5.41) is 14.7. The number of carbonyl (C=O) groups is 1. The van der Waals surface area contributed by atoms with Gasteiger partial charge in [0.1, 0.15) is 17.5 Å². The summed E-state index contributed by atoms with van der Waals surface area (Å²) in [6.45, 7) is 0.386. The molecular formula is C19H20N4O3. The lowest BCUT2D eigenvalue weighted by Gasteiger charge is -2.10. The molecule has 7 heteroatoms. The Morgan fingerprint density at radius 3 is 2.69 bits per heavy atom. The second-order valence-corrected chi connectivity index (χ2v) is 5.22. The van der Waals surface area contributed by atoms with E-state index in [0.717, 1.165) is 5.56 Å². The first-order valence-electron chi connectivity index (χ1n) is 7.95. The number of carbonyl (C=O) groups excluding carboxylic acids is 1. The average Bonchev–Trinajstić information content (AvgIpc) is 2.69. The molecule has 1 aromatic carbocycles. The minimum absolute atomic E-state index is 0.0250. The second kappa shape index (κ2) is 9.69. The van der Waals surface area contributed by atoms with E-state index < -0.39 is 5.91 Å². The maximum absolute atomic E-state index is 12.1. The molecule has 0 saturated heterocycles. The number of methoxy groups -OCH3 is 2. The van der Waals surface area contributed by atoms with E-state index in [0.29, 0.717) is 30.3 Å². The molecule has 0 radical (unpaired) electrons. The predicted octanol–water partition coefficient (Wildman–Crippen LogP) is 2.28. The number of ether oxygens (including phenoxy) is 2. The maximum atomic E-state index is 12.1. The summed E-state index contributed by atoms with van der Waals surface area (Å²) in [5.74, 6) is 1.39. The summed E-state index contributed by atoms with van der Waals surface area (Å²) in [5.41, 5.74) is 0.958. The minimum Gasteiger partial charge on any atom is -0.493 e. The number of rotatable bonds is 8. The highest BCUT2D eigenvalue weighted by Crippen LogP contribution is 2.27. The number of hydrogen-bond acceptors (Lipinski definition) is 6. The van der Waals surface area contributed by atoms with Gasteiger partial charge >= 0.3 is 0 Å². The van der Waals surface area contributed by atoms with Crippen molar-refractivity contribution in [2.45, 2.75) is 6.42 Å². The lowest BCUT2D eigenvalue weighted by atomic mass is 10.1. The zero-order chi connectivity index (χ0) is 18.8. The van der Waals surface area contributed by atoms with Gasteiger partial charge in [0.15, 0.2) is 11.5 Å². The molecule has 0 bridgehead atoms. The van der Waals surface area contributed by atoms with Crippen molar-refractivity contribution >= 4 is 11.7 Å². The van der Waals surface area contributed by atoms with E-state index >= 15 is 0 Å². The third-order valence-electron chi connectivity index (χ3n) is 3.54. The first-order valence-corrected chi connectivity index (χ1v) is 7.95. The molecule has 2 aromatic rings. The Balaban J connectivity index is 1.90. The van der Waals surface area contributed by atoms with Gasteiger partial charge < -0.3 is 20.1 Å². The molecular weight excluding hydrogens is 332 g/mol. The van der Waals surface area contributed by atoms with Crippen LogP contribution in [0.2, 0.25) is 0 Å². The van der Waals surface area contributed by atoms with Gasteiger partial charge in [-0.25, -0.2) is 4.98 Å². The fraction of sp³-hybridized carbons (Fsp3) is 0.211. The molecule has 26 heavy (non-hydrogen) atoms. The van der Waals surface area contributed by atoms with E-state index in [-0.39, 0.29) is 5.57 Å². The van der Waals surface area contributed by atoms with Crippen LogP contribution in [0.25, 0.3) is 0 Å². The SMILES string of the molecule is COc1ccc(CCNC(=O)/C(C#N)=C\Nc2ccccn2)cc1OC. The number of hydrogen-bond donors (Lipinski definition) is 2. The molecule has 0 atom stereocenters. The van der Waals surface area contributed by atoms with Crippen LogP contribution in [0.3, 0.4) is 0 Å². The smallest absolute Gasteiger partial charge is 0.263 e. The number of nitrogens with zero attached hydrogens (tertiary/aromatic N) is 2. The molecule has 1 heterocycles. The molecule has 2 rings (SSSR count). The molecule has 0 unspecified atom stereocenters. The highest BCUT2D eigenvalue weighted by molar-refractivity contribution is 5.97. The van der Waals surface area contributed by atoms with Crippen LogP contribution >= 0.6 is 0 Å². The predicted molar refractivity (Wildman–Crippen MR) is 97.8 cm³/mol. The number of amides is 1. The Labute approximate surface area is 152 Å². The zero-order valence-corrected chi connectivity index (χ0v) is 14.7. The van der Waals surface area contributed by atoms with Crippen molar-refractivity contribution in [2.24, 2.45) is 0 Å². The van der Waals surface area contributed by atoms with Gasteiger partial charge in [-0.3, -0.25) is 4.79 Å². The highest BCUT2D eigenvalue weighted by atomic mass is 16.5. The Hall–Kier alpha value is -3.53. The number of nitrogens with one attached hydrogen (secondary N) is 2. The van der Waals surface area contributed by atoms with Crippen LogP contribution in [0.15, 0.2) is 54.4 Å². The van der Waals surface area contributed by atoms with Gasteiger partial charge in [-0.15, -0.1) is 0 Å². The molecule has 0 aliphatic carbocycles. The summed E-state index contributed by atoms with van der Waals surface area (Å²) in [4.78, 5) is 16.2. The number of aromatic nitrogens is 1. The van der Waals surface area contributed by atoms with E-state index in [1.54, 1.807) is 38.6 Å². The third-order valence-corrected chi connectivity index (χ3v) is 3.54. The van der Waals surface area contributed by atoms with Crippen LogP contribution in [0, 0.1) is 11.3 Å². The fourth-order valence-corrected chi connectivity index (χ4v) is 2.19. The van der Waals surface area contributed by atoms with Gasteiger partial charge in [-0.1, -0.05) is 12.1 Å². The van der Waals surface area contributed by atoms with Gasteiger partial charge in [-0.05, 0) is 36.2 Å². The molecule has 0 aliphatic heterocycles. The molecule has 0 aliphatic rings. The van der Waals surface area contributed by atoms with Gasteiger partial charge in [0.2, 0.25) is 0 Å². The van der Waals surface area contributed by atoms with Crippen molar-refractivity contribution < 1.29 is 14.3 Å². The molecule has 0 fully saturated rings. The monoisotopic (exact) mass is 352 g/mol. The van der Waals surface area contributed by atoms with Crippen LogP contribution in [0.5, 0.6) is 11.5 Å². The van der Waals surface area contributed by atoms with Crippen LogP contribution in [-0.2, 0) is 11.2 Å². The van der Waals surface area contributed by atoms with Gasteiger partial charge in [0.05, 0.1) is 14.2 Å². The van der Waals surface area contributed by atoms with Crippen molar-refractivity contribution in [1.82, 2.24) is 10.3 Å². The minimum atomic E-state index is -0.448. The highest BCUT2D eigenvalue weighted by Gasteiger charge is 2.09. The molecule has 0 spiro atoms. The van der Waals surface area contributed by atoms with Crippen LogP contribution in [0.4, 0.5) is 5.82 Å². The third kappa shape index (κ3) is 5.24.